The summed E-state index contributed by atoms with van der Waals surface area (Å²) >= 11 is 0. The van der Waals surface area contributed by atoms with Gasteiger partial charge in [0.25, 0.3) is 11.5 Å². The lowest BCUT2D eigenvalue weighted by molar-refractivity contribution is -0.0229. The molecule has 0 saturated carbocycles. The third-order valence-electron chi connectivity index (χ3n) is 3.75. The molecule has 9 heteroatoms. The van der Waals surface area contributed by atoms with Crippen molar-refractivity contribution in [3.8, 4) is 28.8 Å². The van der Waals surface area contributed by atoms with E-state index in [1.807, 2.05) is 6.92 Å². The van der Waals surface area contributed by atoms with Gasteiger partial charge in [-0.2, -0.15) is 4.98 Å². The Morgan fingerprint density at radius 1 is 1.10 bits per heavy atom. The molecule has 2 heterocycles. The summed E-state index contributed by atoms with van der Waals surface area (Å²) in [6, 6.07) is 9.28. The third-order valence-corrected chi connectivity index (χ3v) is 3.75. The highest BCUT2D eigenvalue weighted by Crippen LogP contribution is 2.22. The van der Waals surface area contributed by atoms with Crippen molar-refractivity contribution in [2.75, 3.05) is 13.2 Å². The number of aromatic nitrogens is 4. The van der Waals surface area contributed by atoms with E-state index < -0.39 is 12.5 Å². The van der Waals surface area contributed by atoms with Gasteiger partial charge in [0.1, 0.15) is 12.1 Å². The Morgan fingerprint density at radius 2 is 1.86 bits per heavy atom. The van der Waals surface area contributed by atoms with Gasteiger partial charge < -0.3 is 9.47 Å². The zero-order valence-corrected chi connectivity index (χ0v) is 16.0. The minimum atomic E-state index is -2.93. The normalized spacial score (nSPS) is 11.3. The number of alkyl halides is 2. The second kappa shape index (κ2) is 8.76. The van der Waals surface area contributed by atoms with E-state index in [0.29, 0.717) is 23.7 Å². The van der Waals surface area contributed by atoms with Gasteiger partial charge in [-0.15, -0.1) is 0 Å². The Hall–Kier alpha value is -3.36. The van der Waals surface area contributed by atoms with Crippen molar-refractivity contribution in [1.82, 2.24) is 19.5 Å². The van der Waals surface area contributed by atoms with E-state index in [-0.39, 0.29) is 17.3 Å². The molecule has 0 radical (unpaired) electrons. The van der Waals surface area contributed by atoms with Crippen LogP contribution in [0.15, 0.2) is 53.7 Å². The monoisotopic (exact) mass is 402 g/mol. The summed E-state index contributed by atoms with van der Waals surface area (Å²) in [6.45, 7) is 2.36. The molecule has 0 saturated heterocycles. The molecule has 152 valence electrons. The van der Waals surface area contributed by atoms with Crippen LogP contribution in [0.1, 0.15) is 20.3 Å². The molecule has 2 aromatic heterocycles. The summed E-state index contributed by atoms with van der Waals surface area (Å²) in [7, 11) is 0. The van der Waals surface area contributed by atoms with E-state index in [0.717, 1.165) is 13.3 Å². The minimum absolute atomic E-state index is 0.113. The molecule has 0 spiro atoms. The van der Waals surface area contributed by atoms with Crippen LogP contribution in [0.4, 0.5) is 8.78 Å². The van der Waals surface area contributed by atoms with Crippen molar-refractivity contribution < 1.29 is 18.3 Å². The Bertz CT molecular complexity index is 1000. The molecule has 3 rings (SSSR count). The highest BCUT2D eigenvalue weighted by Gasteiger charge is 2.22. The maximum Gasteiger partial charge on any atom is 0.304 e. The van der Waals surface area contributed by atoms with Crippen molar-refractivity contribution in [1.29, 1.82) is 0 Å². The summed E-state index contributed by atoms with van der Waals surface area (Å²) in [5.74, 6) is -2.66. The van der Waals surface area contributed by atoms with Gasteiger partial charge in [0, 0.05) is 19.2 Å². The summed E-state index contributed by atoms with van der Waals surface area (Å²) in [5.41, 5.74) is 0.964. The molecule has 0 atom stereocenters. The number of rotatable bonds is 8. The van der Waals surface area contributed by atoms with Crippen LogP contribution in [0, 0.1) is 0 Å². The molecule has 3 aromatic rings. The molecular formula is C20H20F2N4O3. The summed E-state index contributed by atoms with van der Waals surface area (Å²) in [4.78, 5) is 25.2. The fraction of sp³-hybridized carbons (Fsp3) is 0.300. The van der Waals surface area contributed by atoms with E-state index in [1.165, 1.54) is 29.1 Å². The first-order chi connectivity index (χ1) is 13.9. The zero-order valence-electron chi connectivity index (χ0n) is 16.0. The minimum Gasteiger partial charge on any atom is -0.487 e. The first-order valence-corrected chi connectivity index (χ1v) is 9.02. The zero-order chi connectivity index (χ0) is 20.9. The molecule has 0 amide bonds. The van der Waals surface area contributed by atoms with Gasteiger partial charge in [0.2, 0.25) is 0 Å². The van der Waals surface area contributed by atoms with Gasteiger partial charge in [0.15, 0.2) is 6.61 Å². The molecule has 0 aliphatic rings. The van der Waals surface area contributed by atoms with Crippen molar-refractivity contribution in [2.45, 2.75) is 26.2 Å². The van der Waals surface area contributed by atoms with Crippen molar-refractivity contribution in [3.63, 3.8) is 0 Å². The van der Waals surface area contributed by atoms with Gasteiger partial charge in [-0.1, -0.05) is 6.92 Å². The van der Waals surface area contributed by atoms with Gasteiger partial charge in [-0.05, 0) is 36.8 Å². The van der Waals surface area contributed by atoms with E-state index in [9.17, 15) is 13.6 Å². The van der Waals surface area contributed by atoms with E-state index in [4.69, 9.17) is 9.47 Å². The van der Waals surface area contributed by atoms with Gasteiger partial charge >= 0.3 is 6.01 Å². The molecule has 0 fully saturated rings. The lowest BCUT2D eigenvalue weighted by Gasteiger charge is -2.15. The largest absolute Gasteiger partial charge is 0.487 e. The molecular weight excluding hydrogens is 382 g/mol. The Labute approximate surface area is 166 Å². The maximum absolute atomic E-state index is 12.9. The molecule has 1 aromatic carbocycles. The fourth-order valence-electron chi connectivity index (χ4n) is 2.46. The lowest BCUT2D eigenvalue weighted by Crippen LogP contribution is -2.22. The highest BCUT2D eigenvalue weighted by molar-refractivity contribution is 5.54. The van der Waals surface area contributed by atoms with E-state index in [1.54, 1.807) is 24.4 Å². The van der Waals surface area contributed by atoms with Crippen LogP contribution in [-0.2, 0) is 0 Å². The van der Waals surface area contributed by atoms with Crippen LogP contribution in [0.25, 0.3) is 17.1 Å². The van der Waals surface area contributed by atoms with Crippen molar-refractivity contribution in [3.05, 3.63) is 59.3 Å². The smallest absolute Gasteiger partial charge is 0.304 e. The van der Waals surface area contributed by atoms with Crippen LogP contribution in [0.5, 0.6) is 11.8 Å². The third kappa shape index (κ3) is 5.34. The van der Waals surface area contributed by atoms with Crippen LogP contribution < -0.4 is 15.0 Å². The number of hydrogen-bond acceptors (Lipinski definition) is 6. The van der Waals surface area contributed by atoms with Crippen molar-refractivity contribution >= 4 is 0 Å². The highest BCUT2D eigenvalue weighted by atomic mass is 19.3. The van der Waals surface area contributed by atoms with E-state index in [2.05, 4.69) is 15.0 Å². The SMILES string of the molecule is CCCOc1nc(-c2ccncn2)cc(=O)n1-c1ccc(OCC(C)(F)F)cc1. The quantitative estimate of drug-likeness (QED) is 0.574. The molecule has 0 unspecified atom stereocenters. The summed E-state index contributed by atoms with van der Waals surface area (Å²) < 4.78 is 38.0. The first-order valence-electron chi connectivity index (χ1n) is 9.02. The topological polar surface area (TPSA) is 79.1 Å². The van der Waals surface area contributed by atoms with Gasteiger partial charge in [-0.3, -0.25) is 4.79 Å². The Balaban J connectivity index is 1.96. The fourth-order valence-corrected chi connectivity index (χ4v) is 2.46. The molecule has 0 aliphatic carbocycles. The molecule has 0 bridgehead atoms. The predicted molar refractivity (Wildman–Crippen MR) is 103 cm³/mol. The number of ether oxygens (including phenoxy) is 2. The standard InChI is InChI=1S/C20H20F2N4O3/c1-3-10-28-19-25-17(16-8-9-23-13-24-16)11-18(27)26(19)14-4-6-15(7-5-14)29-12-20(2,21)22/h4-9,11,13H,3,10,12H2,1-2H3. The second-order valence-electron chi connectivity index (χ2n) is 6.39. The first kappa shape index (κ1) is 20.4. The summed E-state index contributed by atoms with van der Waals surface area (Å²) in [5, 5.41) is 0. The molecule has 29 heavy (non-hydrogen) atoms. The average Bonchev–Trinajstić information content (AvgIpc) is 2.71. The Kier molecular flexibility index (Phi) is 6.16. The van der Waals surface area contributed by atoms with Crippen LogP contribution in [0.2, 0.25) is 0 Å². The number of benzene rings is 1. The summed E-state index contributed by atoms with van der Waals surface area (Å²) in [6.07, 6.45) is 3.65. The molecule has 7 nitrogen and oxygen atoms in total. The molecule has 0 aliphatic heterocycles. The maximum atomic E-state index is 12.9. The molecule has 0 N–H and O–H groups in total. The second-order valence-corrected chi connectivity index (χ2v) is 6.39. The van der Waals surface area contributed by atoms with Gasteiger partial charge in [-0.25, -0.2) is 23.3 Å². The predicted octanol–water partition coefficient (Wildman–Crippen LogP) is 3.51. The Morgan fingerprint density at radius 3 is 2.48 bits per heavy atom. The number of hydrogen-bond donors (Lipinski definition) is 0. The van der Waals surface area contributed by atoms with Gasteiger partial charge in [0.05, 0.1) is 23.7 Å². The van der Waals surface area contributed by atoms with Crippen LogP contribution in [-0.4, -0.2) is 38.7 Å². The lowest BCUT2D eigenvalue weighted by atomic mass is 10.2. The van der Waals surface area contributed by atoms with Crippen LogP contribution in [0.3, 0.4) is 0 Å². The van der Waals surface area contributed by atoms with Crippen molar-refractivity contribution in [2.24, 2.45) is 0 Å². The number of halogens is 2. The number of nitrogens with zero attached hydrogens (tertiary/aromatic N) is 4. The average molecular weight is 402 g/mol. The van der Waals surface area contributed by atoms with Crippen LogP contribution >= 0.6 is 0 Å². The van der Waals surface area contributed by atoms with E-state index >= 15 is 0 Å².